The lowest BCUT2D eigenvalue weighted by molar-refractivity contribution is -0.140. The van der Waals surface area contributed by atoms with Crippen molar-refractivity contribution < 1.29 is 9.53 Å². The summed E-state index contributed by atoms with van der Waals surface area (Å²) in [6, 6.07) is 0. The van der Waals surface area contributed by atoms with Crippen molar-refractivity contribution in [2.24, 2.45) is 4.99 Å². The van der Waals surface area contributed by atoms with Gasteiger partial charge in [0.05, 0.1) is 13.7 Å². The molecule has 23 heavy (non-hydrogen) atoms. The van der Waals surface area contributed by atoms with Crippen LogP contribution in [-0.2, 0) is 9.53 Å². The Morgan fingerprint density at radius 3 is 2.70 bits per heavy atom. The van der Waals surface area contributed by atoms with Gasteiger partial charge in [-0.25, -0.2) is 0 Å². The molecule has 1 rings (SSSR count). The van der Waals surface area contributed by atoms with Gasteiger partial charge in [0.25, 0.3) is 0 Å². The summed E-state index contributed by atoms with van der Waals surface area (Å²) in [4.78, 5) is 15.7. The Morgan fingerprint density at radius 2 is 2.04 bits per heavy atom. The number of hydrogen-bond donors (Lipinski definition) is 2. The average Bonchev–Trinajstić information content (AvgIpc) is 3.04. The number of unbranched alkanes of at least 4 members (excludes halogenated alkanes) is 3. The van der Waals surface area contributed by atoms with Crippen molar-refractivity contribution in [3.8, 4) is 0 Å². The Balaban J connectivity index is 0.00000484. The molecule has 0 radical (unpaired) electrons. The standard InChI is InChI=1S/C16H31N3O2S.HI/c1-3-17-16(19-13-14-9-8-12-22-14)18-11-7-5-4-6-10-15(20)21-2;/h14H,3-13H2,1-2H3,(H2,17,18,19);1H. The van der Waals surface area contributed by atoms with Gasteiger partial charge in [0, 0.05) is 24.8 Å². The van der Waals surface area contributed by atoms with Crippen molar-refractivity contribution in [3.05, 3.63) is 0 Å². The lowest BCUT2D eigenvalue weighted by Crippen LogP contribution is -2.38. The maximum absolute atomic E-state index is 11.0. The van der Waals surface area contributed by atoms with Crippen molar-refractivity contribution in [2.45, 2.75) is 57.1 Å². The van der Waals surface area contributed by atoms with Crippen LogP contribution in [0.25, 0.3) is 0 Å². The zero-order valence-electron chi connectivity index (χ0n) is 14.4. The van der Waals surface area contributed by atoms with Gasteiger partial charge in [-0.05, 0) is 38.4 Å². The van der Waals surface area contributed by atoms with E-state index in [0.717, 1.165) is 51.3 Å². The van der Waals surface area contributed by atoms with E-state index in [4.69, 9.17) is 0 Å². The summed E-state index contributed by atoms with van der Waals surface area (Å²) in [5, 5.41) is 7.40. The Morgan fingerprint density at radius 1 is 1.26 bits per heavy atom. The summed E-state index contributed by atoms with van der Waals surface area (Å²) in [6.07, 6.45) is 7.38. The molecule has 1 heterocycles. The molecule has 1 aliphatic rings. The van der Waals surface area contributed by atoms with Crippen LogP contribution >= 0.6 is 35.7 Å². The largest absolute Gasteiger partial charge is 0.469 e. The van der Waals surface area contributed by atoms with Crippen LogP contribution < -0.4 is 10.6 Å². The second kappa shape index (κ2) is 15.4. The van der Waals surface area contributed by atoms with Gasteiger partial charge in [-0.3, -0.25) is 9.79 Å². The SMILES string of the molecule is CCNC(=NCC1CCCS1)NCCCCCCC(=O)OC.I. The van der Waals surface area contributed by atoms with Gasteiger partial charge < -0.3 is 15.4 Å². The van der Waals surface area contributed by atoms with Crippen molar-refractivity contribution in [2.75, 3.05) is 32.5 Å². The minimum Gasteiger partial charge on any atom is -0.469 e. The maximum Gasteiger partial charge on any atom is 0.305 e. The van der Waals surface area contributed by atoms with Crippen molar-refractivity contribution in [1.29, 1.82) is 0 Å². The molecule has 1 aliphatic heterocycles. The molecule has 7 heteroatoms. The van der Waals surface area contributed by atoms with Gasteiger partial charge in [-0.2, -0.15) is 11.8 Å². The van der Waals surface area contributed by atoms with Crippen LogP contribution in [-0.4, -0.2) is 49.7 Å². The van der Waals surface area contributed by atoms with E-state index >= 15 is 0 Å². The van der Waals surface area contributed by atoms with Crippen molar-refractivity contribution in [3.63, 3.8) is 0 Å². The third-order valence-corrected chi connectivity index (χ3v) is 5.03. The Hall–Kier alpha value is -0.180. The maximum atomic E-state index is 11.0. The van der Waals surface area contributed by atoms with Crippen LogP contribution in [0.5, 0.6) is 0 Å². The highest BCUT2D eigenvalue weighted by atomic mass is 127. The highest BCUT2D eigenvalue weighted by molar-refractivity contribution is 14.0. The number of esters is 1. The Labute approximate surface area is 162 Å². The molecule has 5 nitrogen and oxygen atoms in total. The topological polar surface area (TPSA) is 62.7 Å². The number of rotatable bonds is 10. The molecule has 1 fully saturated rings. The molecule has 0 aromatic heterocycles. The highest BCUT2D eigenvalue weighted by Crippen LogP contribution is 2.25. The molecule has 0 aliphatic carbocycles. The third kappa shape index (κ3) is 11.9. The predicted octanol–water partition coefficient (Wildman–Crippen LogP) is 3.18. The summed E-state index contributed by atoms with van der Waals surface area (Å²) in [7, 11) is 1.44. The number of guanidine groups is 1. The van der Waals surface area contributed by atoms with Crippen LogP contribution in [0.15, 0.2) is 4.99 Å². The first-order valence-corrected chi connectivity index (χ1v) is 9.51. The summed E-state index contributed by atoms with van der Waals surface area (Å²) in [5.41, 5.74) is 0. The number of hydrogen-bond acceptors (Lipinski definition) is 4. The molecule has 0 aromatic carbocycles. The molecule has 1 unspecified atom stereocenters. The lowest BCUT2D eigenvalue weighted by Gasteiger charge is -2.12. The second-order valence-corrected chi connectivity index (χ2v) is 6.93. The smallest absolute Gasteiger partial charge is 0.305 e. The average molecular weight is 457 g/mol. The number of thioether (sulfide) groups is 1. The van der Waals surface area contributed by atoms with E-state index < -0.39 is 0 Å². The van der Waals surface area contributed by atoms with Gasteiger partial charge in [-0.1, -0.05) is 12.8 Å². The summed E-state index contributed by atoms with van der Waals surface area (Å²) in [6.45, 7) is 4.83. The Bertz CT molecular complexity index is 337. The normalized spacial score (nSPS) is 17.5. The first-order valence-electron chi connectivity index (χ1n) is 8.46. The first kappa shape index (κ1) is 22.8. The van der Waals surface area contributed by atoms with E-state index in [0.29, 0.717) is 11.7 Å². The molecule has 0 bridgehead atoms. The van der Waals surface area contributed by atoms with Crippen LogP contribution in [0.2, 0.25) is 0 Å². The zero-order chi connectivity index (χ0) is 16.0. The molecule has 2 N–H and O–H groups in total. The van der Waals surface area contributed by atoms with Crippen LogP contribution in [0.1, 0.15) is 51.9 Å². The highest BCUT2D eigenvalue weighted by Gasteiger charge is 2.14. The van der Waals surface area contributed by atoms with Gasteiger partial charge in [-0.15, -0.1) is 24.0 Å². The van der Waals surface area contributed by atoms with Crippen molar-refractivity contribution in [1.82, 2.24) is 10.6 Å². The minimum absolute atomic E-state index is 0. The number of ether oxygens (including phenoxy) is 1. The van der Waals surface area contributed by atoms with Gasteiger partial charge in [0.1, 0.15) is 0 Å². The summed E-state index contributed by atoms with van der Waals surface area (Å²) >= 11 is 2.04. The predicted molar refractivity (Wildman–Crippen MR) is 110 cm³/mol. The van der Waals surface area contributed by atoms with E-state index in [1.54, 1.807) is 0 Å². The number of carbonyl (C=O) groups excluding carboxylic acids is 1. The molecule has 1 atom stereocenters. The third-order valence-electron chi connectivity index (χ3n) is 3.65. The lowest BCUT2D eigenvalue weighted by atomic mass is 10.1. The molecule has 0 saturated carbocycles. The zero-order valence-corrected chi connectivity index (χ0v) is 17.6. The quantitative estimate of drug-likeness (QED) is 0.174. The van der Waals surface area contributed by atoms with E-state index in [-0.39, 0.29) is 29.9 Å². The Kier molecular flexibility index (Phi) is 15.2. The monoisotopic (exact) mass is 457 g/mol. The van der Waals surface area contributed by atoms with E-state index in [1.807, 2.05) is 11.8 Å². The number of nitrogens with zero attached hydrogens (tertiary/aromatic N) is 1. The molecule has 136 valence electrons. The van der Waals surface area contributed by atoms with E-state index in [1.165, 1.54) is 25.7 Å². The van der Waals surface area contributed by atoms with Gasteiger partial charge in [0.15, 0.2) is 5.96 Å². The van der Waals surface area contributed by atoms with Crippen molar-refractivity contribution >= 4 is 47.7 Å². The molecular weight excluding hydrogens is 425 g/mol. The number of halogens is 1. The van der Waals surface area contributed by atoms with E-state index in [2.05, 4.69) is 27.3 Å². The molecule has 0 spiro atoms. The number of methoxy groups -OCH3 is 1. The van der Waals surface area contributed by atoms with E-state index in [9.17, 15) is 4.79 Å². The number of carbonyl (C=O) groups is 1. The molecule has 0 amide bonds. The molecule has 1 saturated heterocycles. The summed E-state index contributed by atoms with van der Waals surface area (Å²) < 4.78 is 4.63. The second-order valence-electron chi connectivity index (χ2n) is 5.52. The van der Waals surface area contributed by atoms with Gasteiger partial charge >= 0.3 is 5.97 Å². The van der Waals surface area contributed by atoms with Crippen LogP contribution in [0, 0.1) is 0 Å². The number of aliphatic imine (C=N–C) groups is 1. The van der Waals surface area contributed by atoms with Crippen LogP contribution in [0.3, 0.4) is 0 Å². The number of nitrogens with one attached hydrogen (secondary N) is 2. The molecule has 0 aromatic rings. The molecular formula is C16H32IN3O2S. The van der Waals surface area contributed by atoms with Crippen LogP contribution in [0.4, 0.5) is 0 Å². The first-order chi connectivity index (χ1) is 10.8. The fourth-order valence-electron chi connectivity index (χ4n) is 2.38. The summed E-state index contributed by atoms with van der Waals surface area (Å²) in [5.74, 6) is 2.12. The van der Waals surface area contributed by atoms with Gasteiger partial charge in [0.2, 0.25) is 0 Å². The fraction of sp³-hybridized carbons (Fsp3) is 0.875. The minimum atomic E-state index is -0.107. The fourth-order valence-corrected chi connectivity index (χ4v) is 3.56.